The Kier molecular flexibility index (Phi) is 5.75. The van der Waals surface area contributed by atoms with E-state index in [9.17, 15) is 0 Å². The monoisotopic (exact) mass is 241 g/mol. The fourth-order valence-corrected chi connectivity index (χ4v) is 3.02. The molecule has 0 aliphatic heterocycles. The van der Waals surface area contributed by atoms with E-state index in [1.807, 2.05) is 0 Å². The predicted octanol–water partition coefficient (Wildman–Crippen LogP) is 2.21. The zero-order valence-electron chi connectivity index (χ0n) is 11.1. The molecule has 1 N–H and O–H groups in total. The molecule has 100 valence electrons. The summed E-state index contributed by atoms with van der Waals surface area (Å²) in [6.45, 7) is 3.49. The van der Waals surface area contributed by atoms with Crippen LogP contribution in [0.2, 0.25) is 0 Å². The normalized spacial score (nSPS) is 31.2. The van der Waals surface area contributed by atoms with Crippen LogP contribution in [0.4, 0.5) is 0 Å². The Balaban J connectivity index is 1.39. The summed E-state index contributed by atoms with van der Waals surface area (Å²) in [5.41, 5.74) is 0. The van der Waals surface area contributed by atoms with Gasteiger partial charge in [0.15, 0.2) is 0 Å². The van der Waals surface area contributed by atoms with E-state index in [2.05, 4.69) is 5.32 Å². The molecule has 0 saturated heterocycles. The van der Waals surface area contributed by atoms with Crippen molar-refractivity contribution < 1.29 is 9.47 Å². The van der Waals surface area contributed by atoms with Gasteiger partial charge in [0.25, 0.3) is 0 Å². The Hall–Kier alpha value is -0.120. The number of hydrogen-bond acceptors (Lipinski definition) is 3. The van der Waals surface area contributed by atoms with Crippen LogP contribution in [0.25, 0.3) is 0 Å². The molecule has 2 rings (SSSR count). The highest BCUT2D eigenvalue weighted by molar-refractivity contribution is 4.98. The van der Waals surface area contributed by atoms with Gasteiger partial charge in [0.2, 0.25) is 0 Å². The van der Waals surface area contributed by atoms with Crippen LogP contribution in [0.1, 0.15) is 38.5 Å². The summed E-state index contributed by atoms with van der Waals surface area (Å²) in [6.07, 6.45) is 8.25. The summed E-state index contributed by atoms with van der Waals surface area (Å²) < 4.78 is 10.4. The molecular formula is C14H27NO2. The molecule has 3 atom stereocenters. The summed E-state index contributed by atoms with van der Waals surface area (Å²) in [5, 5.41) is 3.73. The standard InChI is InChI=1S/C14H27NO2/c1-16-9-10-17-8-3-2-7-15-14-6-4-5-12-11-13(12)14/h12-15H,2-11H2,1H3/t12-,13+,14?/m0/s1. The number of rotatable bonds is 9. The van der Waals surface area contributed by atoms with Gasteiger partial charge in [-0.25, -0.2) is 0 Å². The number of ether oxygens (including phenoxy) is 2. The highest BCUT2D eigenvalue weighted by Gasteiger charge is 2.44. The van der Waals surface area contributed by atoms with Crippen LogP contribution in [0.5, 0.6) is 0 Å². The molecule has 1 unspecified atom stereocenters. The zero-order valence-corrected chi connectivity index (χ0v) is 11.1. The lowest BCUT2D eigenvalue weighted by atomic mass is 9.95. The van der Waals surface area contributed by atoms with Gasteiger partial charge in [-0.05, 0) is 44.1 Å². The van der Waals surface area contributed by atoms with Crippen LogP contribution in [-0.4, -0.2) is 39.5 Å². The van der Waals surface area contributed by atoms with Crippen LogP contribution in [-0.2, 0) is 9.47 Å². The summed E-state index contributed by atoms with van der Waals surface area (Å²) in [7, 11) is 1.71. The third-order valence-electron chi connectivity index (χ3n) is 4.14. The van der Waals surface area contributed by atoms with E-state index in [1.54, 1.807) is 7.11 Å². The van der Waals surface area contributed by atoms with Crippen LogP contribution in [0, 0.1) is 11.8 Å². The molecule has 17 heavy (non-hydrogen) atoms. The fourth-order valence-electron chi connectivity index (χ4n) is 3.02. The molecule has 0 aromatic heterocycles. The Morgan fingerprint density at radius 2 is 2.06 bits per heavy atom. The second-order valence-corrected chi connectivity index (χ2v) is 5.46. The van der Waals surface area contributed by atoms with Gasteiger partial charge in [0.1, 0.15) is 0 Å². The molecule has 0 spiro atoms. The third-order valence-corrected chi connectivity index (χ3v) is 4.14. The highest BCUT2D eigenvalue weighted by atomic mass is 16.5. The number of hydrogen-bond donors (Lipinski definition) is 1. The molecule has 0 aromatic carbocycles. The third kappa shape index (κ3) is 4.57. The maximum absolute atomic E-state index is 5.44. The van der Waals surface area contributed by atoms with Gasteiger partial charge in [-0.1, -0.05) is 12.8 Å². The van der Waals surface area contributed by atoms with Crippen LogP contribution < -0.4 is 5.32 Å². The number of methoxy groups -OCH3 is 1. The topological polar surface area (TPSA) is 30.5 Å². The van der Waals surface area contributed by atoms with E-state index < -0.39 is 0 Å². The molecule has 3 nitrogen and oxygen atoms in total. The lowest BCUT2D eigenvalue weighted by Crippen LogP contribution is -2.34. The largest absolute Gasteiger partial charge is 0.382 e. The molecule has 0 radical (unpaired) electrons. The molecule has 3 heteroatoms. The first-order chi connectivity index (χ1) is 8.42. The number of fused-ring (bicyclic) bond motifs is 1. The second-order valence-electron chi connectivity index (χ2n) is 5.46. The SMILES string of the molecule is COCCOCCCCNC1CCC[C@H]2C[C@@H]12. The fraction of sp³-hybridized carbons (Fsp3) is 1.00. The van der Waals surface area contributed by atoms with Crippen molar-refractivity contribution in [1.82, 2.24) is 5.32 Å². The van der Waals surface area contributed by atoms with Gasteiger partial charge in [0.05, 0.1) is 13.2 Å². The zero-order chi connectivity index (χ0) is 11.9. The minimum atomic E-state index is 0.712. The molecule has 2 aliphatic rings. The maximum atomic E-state index is 5.44. The molecule has 0 amide bonds. The summed E-state index contributed by atoms with van der Waals surface area (Å²) in [6, 6.07) is 0.836. The van der Waals surface area contributed by atoms with Gasteiger partial charge in [-0.3, -0.25) is 0 Å². The first-order valence-electron chi connectivity index (χ1n) is 7.22. The van der Waals surface area contributed by atoms with Crippen molar-refractivity contribution in [2.24, 2.45) is 11.8 Å². The summed E-state index contributed by atoms with van der Waals surface area (Å²) in [5.74, 6) is 2.11. The van der Waals surface area contributed by atoms with E-state index in [0.717, 1.165) is 37.5 Å². The Labute approximate surface area is 105 Å². The highest BCUT2D eigenvalue weighted by Crippen LogP contribution is 2.49. The maximum Gasteiger partial charge on any atom is 0.0700 e. The average molecular weight is 241 g/mol. The van der Waals surface area contributed by atoms with E-state index in [4.69, 9.17) is 9.47 Å². The summed E-state index contributed by atoms with van der Waals surface area (Å²) >= 11 is 0. The Bertz CT molecular complexity index is 210. The van der Waals surface area contributed by atoms with Crippen molar-refractivity contribution in [3.05, 3.63) is 0 Å². The predicted molar refractivity (Wildman–Crippen MR) is 69.2 cm³/mol. The van der Waals surface area contributed by atoms with Crippen LogP contribution in [0.3, 0.4) is 0 Å². The molecule has 0 heterocycles. The van der Waals surface area contributed by atoms with Crippen molar-refractivity contribution in [1.29, 1.82) is 0 Å². The second kappa shape index (κ2) is 7.34. The van der Waals surface area contributed by atoms with E-state index in [-0.39, 0.29) is 0 Å². The van der Waals surface area contributed by atoms with E-state index in [1.165, 1.54) is 38.6 Å². The van der Waals surface area contributed by atoms with Crippen molar-refractivity contribution >= 4 is 0 Å². The van der Waals surface area contributed by atoms with Crippen molar-refractivity contribution in [2.75, 3.05) is 33.5 Å². The average Bonchev–Trinajstić information content (AvgIpc) is 3.12. The Morgan fingerprint density at radius 1 is 1.12 bits per heavy atom. The van der Waals surface area contributed by atoms with Gasteiger partial charge in [-0.2, -0.15) is 0 Å². The lowest BCUT2D eigenvalue weighted by molar-refractivity contribution is 0.0687. The van der Waals surface area contributed by atoms with Gasteiger partial charge >= 0.3 is 0 Å². The Morgan fingerprint density at radius 3 is 2.94 bits per heavy atom. The molecule has 0 aromatic rings. The smallest absolute Gasteiger partial charge is 0.0700 e. The van der Waals surface area contributed by atoms with Crippen LogP contribution >= 0.6 is 0 Å². The first-order valence-corrected chi connectivity index (χ1v) is 7.22. The number of unbranched alkanes of at least 4 members (excludes halogenated alkanes) is 1. The van der Waals surface area contributed by atoms with Crippen molar-refractivity contribution in [3.8, 4) is 0 Å². The van der Waals surface area contributed by atoms with Gasteiger partial charge in [-0.15, -0.1) is 0 Å². The molecule has 0 bridgehead atoms. The number of nitrogens with one attached hydrogen (secondary N) is 1. The molecular weight excluding hydrogens is 214 g/mol. The molecule has 2 saturated carbocycles. The minimum Gasteiger partial charge on any atom is -0.382 e. The van der Waals surface area contributed by atoms with Gasteiger partial charge < -0.3 is 14.8 Å². The quantitative estimate of drug-likeness (QED) is 0.628. The van der Waals surface area contributed by atoms with Crippen molar-refractivity contribution in [2.45, 2.75) is 44.6 Å². The van der Waals surface area contributed by atoms with Gasteiger partial charge in [0, 0.05) is 19.8 Å². The minimum absolute atomic E-state index is 0.712. The first kappa shape index (κ1) is 13.3. The van der Waals surface area contributed by atoms with Crippen molar-refractivity contribution in [3.63, 3.8) is 0 Å². The lowest BCUT2D eigenvalue weighted by Gasteiger charge is -2.22. The van der Waals surface area contributed by atoms with Crippen LogP contribution in [0.15, 0.2) is 0 Å². The summed E-state index contributed by atoms with van der Waals surface area (Å²) in [4.78, 5) is 0. The molecule has 2 aliphatic carbocycles. The van der Waals surface area contributed by atoms with E-state index >= 15 is 0 Å². The molecule has 2 fully saturated rings. The van der Waals surface area contributed by atoms with E-state index in [0.29, 0.717) is 6.61 Å².